The van der Waals surface area contributed by atoms with Crippen LogP contribution in [-0.2, 0) is 19.8 Å². The highest BCUT2D eigenvalue weighted by atomic mass is 32.2. The normalized spacial score (nSPS) is 11.8. The van der Waals surface area contributed by atoms with E-state index in [2.05, 4.69) is 10.4 Å². The van der Waals surface area contributed by atoms with Crippen LogP contribution in [0.15, 0.2) is 40.4 Å². The Balaban J connectivity index is 2.31. The van der Waals surface area contributed by atoms with E-state index in [0.29, 0.717) is 4.90 Å². The smallest absolute Gasteiger partial charge is 0.316 e. The lowest BCUT2D eigenvalue weighted by Crippen LogP contribution is -2.14. The maximum absolute atomic E-state index is 13.0. The number of alkyl halides is 3. The fourth-order valence-electron chi connectivity index (χ4n) is 1.82. The van der Waals surface area contributed by atoms with Crippen LogP contribution in [0.2, 0.25) is 0 Å². The summed E-state index contributed by atoms with van der Waals surface area (Å²) in [7, 11) is 3.39. The molecule has 2 rings (SSSR count). The quantitative estimate of drug-likeness (QED) is 0.939. The molecule has 0 radical (unpaired) electrons. The highest BCUT2D eigenvalue weighted by Gasteiger charge is 2.33. The Bertz CT molecular complexity index is 593. The highest BCUT2D eigenvalue weighted by Crippen LogP contribution is 2.36. The van der Waals surface area contributed by atoms with Gasteiger partial charge in [0, 0.05) is 24.7 Å². The van der Waals surface area contributed by atoms with Gasteiger partial charge in [-0.15, -0.1) is 0 Å². The molecule has 0 aliphatic heterocycles. The van der Waals surface area contributed by atoms with Gasteiger partial charge in [-0.1, -0.05) is 17.8 Å². The van der Waals surface area contributed by atoms with E-state index < -0.39 is 11.7 Å². The van der Waals surface area contributed by atoms with Crippen LogP contribution in [0.4, 0.5) is 13.2 Å². The molecule has 7 heteroatoms. The van der Waals surface area contributed by atoms with Gasteiger partial charge < -0.3 is 5.32 Å². The van der Waals surface area contributed by atoms with Crippen LogP contribution >= 0.6 is 11.8 Å². The van der Waals surface area contributed by atoms with Gasteiger partial charge in [0.25, 0.3) is 0 Å². The predicted molar refractivity (Wildman–Crippen MR) is 71.5 cm³/mol. The zero-order valence-electron chi connectivity index (χ0n) is 11.0. The van der Waals surface area contributed by atoms with E-state index >= 15 is 0 Å². The van der Waals surface area contributed by atoms with E-state index in [4.69, 9.17) is 0 Å². The molecular weight excluding hydrogens is 287 g/mol. The van der Waals surface area contributed by atoms with Crippen molar-refractivity contribution >= 4 is 11.8 Å². The molecule has 1 N–H and O–H groups in total. The molecule has 0 atom stereocenters. The first-order chi connectivity index (χ1) is 9.40. The Labute approximate surface area is 119 Å². The van der Waals surface area contributed by atoms with Crippen molar-refractivity contribution in [2.75, 3.05) is 7.05 Å². The van der Waals surface area contributed by atoms with Gasteiger partial charge in [-0.05, 0) is 24.7 Å². The summed E-state index contributed by atoms with van der Waals surface area (Å²) in [5.41, 5.74) is -0.351. The minimum atomic E-state index is -4.35. The van der Waals surface area contributed by atoms with Crippen LogP contribution in [0, 0.1) is 0 Å². The second-order valence-corrected chi connectivity index (χ2v) is 5.45. The molecule has 0 saturated carbocycles. The van der Waals surface area contributed by atoms with Gasteiger partial charge in [0.1, 0.15) is 0 Å². The van der Waals surface area contributed by atoms with Crippen molar-refractivity contribution < 1.29 is 13.2 Å². The van der Waals surface area contributed by atoms with Crippen LogP contribution in [0.1, 0.15) is 11.1 Å². The molecule has 2 aromatic rings. The summed E-state index contributed by atoms with van der Waals surface area (Å²) >= 11 is 1.26. The number of aromatic nitrogens is 2. The van der Waals surface area contributed by atoms with Crippen molar-refractivity contribution in [2.45, 2.75) is 22.5 Å². The minimum absolute atomic E-state index is 0.187. The lowest BCUT2D eigenvalue weighted by Gasteiger charge is -2.14. The number of aryl methyl sites for hydroxylation is 1. The number of nitrogens with one attached hydrogen (secondary N) is 1. The largest absolute Gasteiger partial charge is 0.416 e. The van der Waals surface area contributed by atoms with Crippen LogP contribution in [-0.4, -0.2) is 16.8 Å². The van der Waals surface area contributed by atoms with Crippen molar-refractivity contribution in [1.29, 1.82) is 0 Å². The average molecular weight is 301 g/mol. The fraction of sp³-hybridized carbons (Fsp3) is 0.308. The van der Waals surface area contributed by atoms with Gasteiger partial charge in [0.15, 0.2) is 0 Å². The van der Waals surface area contributed by atoms with Crippen LogP contribution in [0.5, 0.6) is 0 Å². The van der Waals surface area contributed by atoms with E-state index in [0.717, 1.165) is 4.90 Å². The van der Waals surface area contributed by atoms with Crippen molar-refractivity contribution in [3.8, 4) is 0 Å². The summed E-state index contributed by atoms with van der Waals surface area (Å²) in [6.45, 7) is 0.187. The molecule has 0 spiro atoms. The zero-order valence-corrected chi connectivity index (χ0v) is 11.8. The Morgan fingerprint density at radius 2 is 2.05 bits per heavy atom. The monoisotopic (exact) mass is 301 g/mol. The van der Waals surface area contributed by atoms with E-state index in [1.165, 1.54) is 23.9 Å². The van der Waals surface area contributed by atoms with E-state index in [1.54, 1.807) is 37.2 Å². The van der Waals surface area contributed by atoms with Crippen LogP contribution in [0.25, 0.3) is 0 Å². The first-order valence-corrected chi connectivity index (χ1v) is 6.73. The molecule has 0 bridgehead atoms. The first-order valence-electron chi connectivity index (χ1n) is 5.91. The Kier molecular flexibility index (Phi) is 4.39. The number of hydrogen-bond donors (Lipinski definition) is 1. The first kappa shape index (κ1) is 14.9. The third-order valence-corrected chi connectivity index (χ3v) is 3.61. The number of halogens is 3. The highest BCUT2D eigenvalue weighted by molar-refractivity contribution is 7.99. The summed E-state index contributed by atoms with van der Waals surface area (Å²) in [6, 6.07) is 4.39. The van der Waals surface area contributed by atoms with E-state index in [1.807, 2.05) is 0 Å². The van der Waals surface area contributed by atoms with Crippen molar-refractivity contribution in [3.63, 3.8) is 0 Å². The second kappa shape index (κ2) is 5.88. The SMILES string of the molecule is CNCc1ccc(Sc2cnn(C)c2)cc1C(F)(F)F. The van der Waals surface area contributed by atoms with Crippen LogP contribution in [0.3, 0.4) is 0 Å². The Morgan fingerprint density at radius 3 is 2.60 bits per heavy atom. The molecule has 0 unspecified atom stereocenters. The van der Waals surface area contributed by atoms with Crippen LogP contribution < -0.4 is 5.32 Å². The van der Waals surface area contributed by atoms with Gasteiger partial charge in [-0.3, -0.25) is 4.68 Å². The molecule has 1 heterocycles. The molecular formula is C13H14F3N3S. The maximum atomic E-state index is 13.0. The van der Waals surface area contributed by atoms with Gasteiger partial charge in [-0.2, -0.15) is 18.3 Å². The molecule has 108 valence electrons. The zero-order chi connectivity index (χ0) is 14.8. The van der Waals surface area contributed by atoms with E-state index in [9.17, 15) is 13.2 Å². The number of rotatable bonds is 4. The maximum Gasteiger partial charge on any atom is 0.416 e. The molecule has 0 aliphatic carbocycles. The summed E-state index contributed by atoms with van der Waals surface area (Å²) in [4.78, 5) is 1.35. The summed E-state index contributed by atoms with van der Waals surface area (Å²) in [5.74, 6) is 0. The molecule has 0 fully saturated rings. The third kappa shape index (κ3) is 3.55. The van der Waals surface area contributed by atoms with Crippen molar-refractivity contribution in [1.82, 2.24) is 15.1 Å². The fourth-order valence-corrected chi connectivity index (χ4v) is 2.71. The lowest BCUT2D eigenvalue weighted by atomic mass is 10.1. The summed E-state index contributed by atoms with van der Waals surface area (Å²) < 4.78 is 40.7. The Morgan fingerprint density at radius 1 is 1.30 bits per heavy atom. The molecule has 3 nitrogen and oxygen atoms in total. The third-order valence-electron chi connectivity index (χ3n) is 2.67. The van der Waals surface area contributed by atoms with Gasteiger partial charge in [-0.25, -0.2) is 0 Å². The van der Waals surface area contributed by atoms with Crippen molar-refractivity contribution in [3.05, 3.63) is 41.7 Å². The van der Waals surface area contributed by atoms with Crippen molar-refractivity contribution in [2.24, 2.45) is 7.05 Å². The van der Waals surface area contributed by atoms with Gasteiger partial charge in [0.2, 0.25) is 0 Å². The predicted octanol–water partition coefficient (Wildman–Crippen LogP) is 3.31. The molecule has 1 aromatic carbocycles. The standard InChI is InChI=1S/C13H14F3N3S/c1-17-6-9-3-4-10(5-12(9)13(14,15)16)20-11-7-18-19(2)8-11/h3-5,7-8,17H,6H2,1-2H3. The summed E-state index contributed by atoms with van der Waals surface area (Å²) in [5, 5.41) is 6.74. The molecule has 0 amide bonds. The molecule has 0 saturated heterocycles. The minimum Gasteiger partial charge on any atom is -0.316 e. The lowest BCUT2D eigenvalue weighted by molar-refractivity contribution is -0.138. The second-order valence-electron chi connectivity index (χ2n) is 4.30. The van der Waals surface area contributed by atoms with Gasteiger partial charge >= 0.3 is 6.18 Å². The molecule has 1 aromatic heterocycles. The molecule has 20 heavy (non-hydrogen) atoms. The topological polar surface area (TPSA) is 29.9 Å². The molecule has 0 aliphatic rings. The average Bonchev–Trinajstić information content (AvgIpc) is 2.76. The number of benzene rings is 1. The number of hydrogen-bond acceptors (Lipinski definition) is 3. The number of nitrogens with zero attached hydrogens (tertiary/aromatic N) is 2. The van der Waals surface area contributed by atoms with E-state index in [-0.39, 0.29) is 12.1 Å². The van der Waals surface area contributed by atoms with Gasteiger partial charge in [0.05, 0.1) is 16.7 Å². The summed E-state index contributed by atoms with van der Waals surface area (Å²) in [6.07, 6.45) is -0.962. The Hall–Kier alpha value is -1.47.